The van der Waals surface area contributed by atoms with Gasteiger partial charge >= 0.3 is 5.97 Å². The molecular formula is C21H16ClN3O2. The van der Waals surface area contributed by atoms with Gasteiger partial charge in [0.1, 0.15) is 0 Å². The van der Waals surface area contributed by atoms with Crippen molar-refractivity contribution in [2.45, 2.75) is 13.3 Å². The van der Waals surface area contributed by atoms with Gasteiger partial charge in [0.25, 0.3) is 0 Å². The standard InChI is InChI=1S/C21H16ClN3O2/c1-12-10-19-15(6-7-17(24-19)18-8-9-23-25-18)21(16(12)11-20(26)27)13-2-4-14(22)5-3-13/h2-10H,11H2,1H3,(H,23,25)(H,26,27). The summed E-state index contributed by atoms with van der Waals surface area (Å²) in [5.74, 6) is -0.866. The van der Waals surface area contributed by atoms with Crippen molar-refractivity contribution in [1.29, 1.82) is 0 Å². The van der Waals surface area contributed by atoms with E-state index in [2.05, 4.69) is 10.2 Å². The van der Waals surface area contributed by atoms with E-state index < -0.39 is 5.97 Å². The first kappa shape index (κ1) is 17.2. The lowest BCUT2D eigenvalue weighted by Gasteiger charge is -2.16. The van der Waals surface area contributed by atoms with Gasteiger partial charge in [0.2, 0.25) is 0 Å². The molecule has 2 aromatic heterocycles. The molecule has 0 aliphatic carbocycles. The molecule has 2 aromatic carbocycles. The summed E-state index contributed by atoms with van der Waals surface area (Å²) in [6, 6.07) is 15.1. The van der Waals surface area contributed by atoms with Crippen LogP contribution in [0.5, 0.6) is 0 Å². The van der Waals surface area contributed by atoms with Gasteiger partial charge in [-0.3, -0.25) is 9.89 Å². The number of fused-ring (bicyclic) bond motifs is 1. The highest BCUT2D eigenvalue weighted by molar-refractivity contribution is 6.30. The summed E-state index contributed by atoms with van der Waals surface area (Å²) in [5, 5.41) is 17.8. The van der Waals surface area contributed by atoms with Gasteiger partial charge in [-0.05, 0) is 65.6 Å². The summed E-state index contributed by atoms with van der Waals surface area (Å²) in [7, 11) is 0. The number of halogens is 1. The Morgan fingerprint density at radius 2 is 1.93 bits per heavy atom. The number of aryl methyl sites for hydroxylation is 1. The monoisotopic (exact) mass is 377 g/mol. The molecule has 0 bridgehead atoms. The van der Waals surface area contributed by atoms with Crippen LogP contribution in [0.1, 0.15) is 11.1 Å². The molecule has 0 unspecified atom stereocenters. The lowest BCUT2D eigenvalue weighted by molar-refractivity contribution is -0.136. The number of carboxylic acid groups (broad SMARTS) is 1. The van der Waals surface area contributed by atoms with Gasteiger partial charge in [0.15, 0.2) is 0 Å². The lowest BCUT2D eigenvalue weighted by Crippen LogP contribution is -2.05. The van der Waals surface area contributed by atoms with Crippen molar-refractivity contribution in [1.82, 2.24) is 15.2 Å². The molecule has 0 aliphatic heterocycles. The number of nitrogens with one attached hydrogen (secondary N) is 1. The highest BCUT2D eigenvalue weighted by atomic mass is 35.5. The van der Waals surface area contributed by atoms with Crippen LogP contribution < -0.4 is 0 Å². The highest BCUT2D eigenvalue weighted by Gasteiger charge is 2.17. The molecule has 27 heavy (non-hydrogen) atoms. The first-order valence-electron chi connectivity index (χ1n) is 8.43. The van der Waals surface area contributed by atoms with E-state index in [1.165, 1.54) is 0 Å². The summed E-state index contributed by atoms with van der Waals surface area (Å²) in [6.07, 6.45) is 1.63. The Kier molecular flexibility index (Phi) is 4.38. The number of benzene rings is 2. The minimum Gasteiger partial charge on any atom is -0.481 e. The Labute approximate surface area is 160 Å². The molecule has 0 aliphatic rings. The molecule has 0 fully saturated rings. The van der Waals surface area contributed by atoms with Gasteiger partial charge in [-0.25, -0.2) is 4.98 Å². The number of hydrogen-bond acceptors (Lipinski definition) is 3. The molecule has 0 spiro atoms. The second kappa shape index (κ2) is 6.85. The SMILES string of the molecule is Cc1cc2nc(-c3ccn[nH]3)ccc2c(-c2ccc(Cl)cc2)c1CC(=O)O. The van der Waals surface area contributed by atoms with Crippen LogP contribution in [0.15, 0.2) is 54.7 Å². The van der Waals surface area contributed by atoms with Crippen LogP contribution in [0.3, 0.4) is 0 Å². The van der Waals surface area contributed by atoms with Crippen molar-refractivity contribution in [2.75, 3.05) is 0 Å². The Bertz CT molecular complexity index is 1140. The Hall–Kier alpha value is -3.18. The molecule has 6 heteroatoms. The average molecular weight is 378 g/mol. The molecule has 5 nitrogen and oxygen atoms in total. The molecule has 4 rings (SSSR count). The largest absolute Gasteiger partial charge is 0.481 e. The third-order valence-corrected chi connectivity index (χ3v) is 4.81. The number of aromatic nitrogens is 3. The molecular weight excluding hydrogens is 362 g/mol. The fraction of sp³-hybridized carbons (Fsp3) is 0.0952. The molecule has 2 N–H and O–H groups in total. The smallest absolute Gasteiger partial charge is 0.307 e. The molecule has 2 heterocycles. The van der Waals surface area contributed by atoms with Gasteiger partial charge in [-0.1, -0.05) is 23.7 Å². The summed E-state index contributed by atoms with van der Waals surface area (Å²) < 4.78 is 0. The summed E-state index contributed by atoms with van der Waals surface area (Å²) in [5.41, 5.74) is 5.90. The number of H-pyrrole nitrogens is 1. The number of rotatable bonds is 4. The van der Waals surface area contributed by atoms with Crippen LogP contribution in [0.25, 0.3) is 33.4 Å². The first-order chi connectivity index (χ1) is 13.0. The topological polar surface area (TPSA) is 78.9 Å². The van der Waals surface area contributed by atoms with Crippen LogP contribution >= 0.6 is 11.6 Å². The van der Waals surface area contributed by atoms with Crippen molar-refractivity contribution in [2.24, 2.45) is 0 Å². The van der Waals surface area contributed by atoms with E-state index in [9.17, 15) is 9.90 Å². The Morgan fingerprint density at radius 1 is 1.15 bits per heavy atom. The second-order valence-electron chi connectivity index (χ2n) is 6.36. The number of carbonyl (C=O) groups is 1. The van der Waals surface area contributed by atoms with Crippen LogP contribution in [-0.4, -0.2) is 26.3 Å². The van der Waals surface area contributed by atoms with E-state index in [0.29, 0.717) is 5.02 Å². The maximum Gasteiger partial charge on any atom is 0.307 e. The highest BCUT2D eigenvalue weighted by Crippen LogP contribution is 2.35. The fourth-order valence-electron chi connectivity index (χ4n) is 3.32. The third kappa shape index (κ3) is 3.29. The Morgan fingerprint density at radius 3 is 2.59 bits per heavy atom. The minimum absolute atomic E-state index is 0.0535. The average Bonchev–Trinajstić information content (AvgIpc) is 3.17. The van der Waals surface area contributed by atoms with E-state index in [-0.39, 0.29) is 6.42 Å². The summed E-state index contributed by atoms with van der Waals surface area (Å²) in [4.78, 5) is 16.2. The van der Waals surface area contributed by atoms with Crippen molar-refractivity contribution in [3.8, 4) is 22.5 Å². The van der Waals surface area contributed by atoms with Crippen LogP contribution in [0.4, 0.5) is 0 Å². The maximum absolute atomic E-state index is 11.5. The zero-order valence-corrected chi connectivity index (χ0v) is 15.3. The second-order valence-corrected chi connectivity index (χ2v) is 6.79. The van der Waals surface area contributed by atoms with E-state index in [4.69, 9.17) is 16.6 Å². The summed E-state index contributed by atoms with van der Waals surface area (Å²) in [6.45, 7) is 1.92. The van der Waals surface area contributed by atoms with Gasteiger partial charge in [-0.2, -0.15) is 5.10 Å². The molecule has 0 amide bonds. The van der Waals surface area contributed by atoms with Crippen molar-refractivity contribution in [3.63, 3.8) is 0 Å². The zero-order chi connectivity index (χ0) is 19.0. The lowest BCUT2D eigenvalue weighted by atomic mass is 9.90. The molecule has 0 atom stereocenters. The van der Waals surface area contributed by atoms with Gasteiger partial charge in [-0.15, -0.1) is 0 Å². The predicted octanol–water partition coefficient (Wildman–Crippen LogP) is 4.88. The van der Waals surface area contributed by atoms with Crippen LogP contribution in [0, 0.1) is 6.92 Å². The zero-order valence-electron chi connectivity index (χ0n) is 14.5. The van der Waals surface area contributed by atoms with Crippen molar-refractivity contribution >= 4 is 28.5 Å². The third-order valence-electron chi connectivity index (χ3n) is 4.56. The molecule has 4 aromatic rings. The number of pyridine rings is 1. The van der Waals surface area contributed by atoms with Gasteiger partial charge in [0, 0.05) is 16.6 Å². The first-order valence-corrected chi connectivity index (χ1v) is 8.81. The number of nitrogens with zero attached hydrogens (tertiary/aromatic N) is 2. The van der Waals surface area contributed by atoms with E-state index >= 15 is 0 Å². The molecule has 134 valence electrons. The molecule has 0 saturated carbocycles. The van der Waals surface area contributed by atoms with Crippen LogP contribution in [0.2, 0.25) is 5.02 Å². The van der Waals surface area contributed by atoms with E-state index in [1.54, 1.807) is 6.20 Å². The number of aliphatic carboxylic acids is 1. The minimum atomic E-state index is -0.866. The Balaban J connectivity index is 2.00. The number of hydrogen-bond donors (Lipinski definition) is 2. The molecule has 0 saturated heterocycles. The van der Waals surface area contributed by atoms with Crippen LogP contribution in [-0.2, 0) is 11.2 Å². The maximum atomic E-state index is 11.5. The summed E-state index contributed by atoms with van der Waals surface area (Å²) >= 11 is 6.03. The van der Waals surface area contributed by atoms with Gasteiger partial charge < -0.3 is 5.11 Å². The number of carboxylic acids is 1. The predicted molar refractivity (Wildman–Crippen MR) is 106 cm³/mol. The quantitative estimate of drug-likeness (QED) is 0.531. The number of aromatic amines is 1. The normalized spacial score (nSPS) is 11.0. The van der Waals surface area contributed by atoms with Crippen molar-refractivity contribution in [3.05, 3.63) is 70.9 Å². The molecule has 0 radical (unpaired) electrons. The van der Waals surface area contributed by atoms with Crippen molar-refractivity contribution < 1.29 is 9.90 Å². The van der Waals surface area contributed by atoms with E-state index in [1.807, 2.05) is 55.5 Å². The van der Waals surface area contributed by atoms with E-state index in [0.717, 1.165) is 44.5 Å². The van der Waals surface area contributed by atoms with Gasteiger partial charge in [0.05, 0.1) is 23.3 Å². The fourth-order valence-corrected chi connectivity index (χ4v) is 3.45.